The van der Waals surface area contributed by atoms with Gasteiger partial charge in [-0.2, -0.15) is 0 Å². The van der Waals surface area contributed by atoms with Gasteiger partial charge in [0.05, 0.1) is 12.4 Å². The van der Waals surface area contributed by atoms with Crippen LogP contribution in [0.3, 0.4) is 0 Å². The number of hydrogen-bond acceptors (Lipinski definition) is 5. The number of ether oxygens (including phenoxy) is 2. The van der Waals surface area contributed by atoms with Crippen LogP contribution in [-0.4, -0.2) is 40.5 Å². The molecule has 0 saturated heterocycles. The maximum atomic E-state index is 11.6. The van der Waals surface area contributed by atoms with Crippen molar-refractivity contribution in [3.63, 3.8) is 0 Å². The van der Waals surface area contributed by atoms with Gasteiger partial charge in [-0.3, -0.25) is 0 Å². The summed E-state index contributed by atoms with van der Waals surface area (Å²) in [6, 6.07) is 6.79. The van der Waals surface area contributed by atoms with E-state index < -0.39 is 10.0 Å². The van der Waals surface area contributed by atoms with Crippen LogP contribution in [0.25, 0.3) is 0 Å². The Balaban J connectivity index is 2.25. The van der Waals surface area contributed by atoms with Gasteiger partial charge in [0.15, 0.2) is 0 Å². The number of anilines is 1. The number of nitrogens with two attached hydrogens (primary N) is 1. The molecule has 1 rings (SSSR count). The van der Waals surface area contributed by atoms with E-state index in [0.29, 0.717) is 24.7 Å². The number of benzene rings is 1. The molecule has 0 bridgehead atoms. The lowest BCUT2D eigenvalue weighted by molar-refractivity contribution is 0.153. The topological polar surface area (TPSA) is 90.6 Å². The van der Waals surface area contributed by atoms with E-state index in [4.69, 9.17) is 15.2 Å². The van der Waals surface area contributed by atoms with E-state index in [9.17, 15) is 8.42 Å². The van der Waals surface area contributed by atoms with Crippen molar-refractivity contribution in [3.05, 3.63) is 24.3 Å². The molecule has 0 heterocycles. The van der Waals surface area contributed by atoms with E-state index in [-0.39, 0.29) is 18.9 Å². The molecule has 0 aliphatic carbocycles. The number of hydrogen-bond donors (Lipinski definition) is 2. The Morgan fingerprint density at radius 2 is 1.89 bits per heavy atom. The van der Waals surface area contributed by atoms with Crippen LogP contribution in [0.1, 0.15) is 6.92 Å². The molecule has 7 heteroatoms. The summed E-state index contributed by atoms with van der Waals surface area (Å²) in [6.45, 7) is 3.16. The van der Waals surface area contributed by atoms with Gasteiger partial charge in [0.2, 0.25) is 10.0 Å². The van der Waals surface area contributed by atoms with Crippen molar-refractivity contribution < 1.29 is 17.9 Å². The van der Waals surface area contributed by atoms with Crippen molar-refractivity contribution in [2.24, 2.45) is 0 Å². The summed E-state index contributed by atoms with van der Waals surface area (Å²) in [5.74, 6) is 0.502. The van der Waals surface area contributed by atoms with Crippen LogP contribution in [0.4, 0.5) is 5.69 Å². The van der Waals surface area contributed by atoms with Gasteiger partial charge in [-0.05, 0) is 31.2 Å². The fourth-order valence-corrected chi connectivity index (χ4v) is 2.16. The van der Waals surface area contributed by atoms with Crippen LogP contribution in [0.2, 0.25) is 0 Å². The summed E-state index contributed by atoms with van der Waals surface area (Å²) in [7, 11) is -3.32. The van der Waals surface area contributed by atoms with Gasteiger partial charge in [0.25, 0.3) is 0 Å². The first kappa shape index (κ1) is 15.7. The predicted molar refractivity (Wildman–Crippen MR) is 74.6 cm³/mol. The van der Waals surface area contributed by atoms with Crippen LogP contribution >= 0.6 is 0 Å². The van der Waals surface area contributed by atoms with E-state index in [1.54, 1.807) is 24.3 Å². The van der Waals surface area contributed by atoms with E-state index in [0.717, 1.165) is 0 Å². The zero-order valence-corrected chi connectivity index (χ0v) is 11.8. The van der Waals surface area contributed by atoms with Gasteiger partial charge in [0, 0.05) is 18.8 Å². The molecule has 0 aliphatic heterocycles. The SMILES string of the molecule is CCOCCNS(=O)(=O)CCOc1ccc(N)cc1. The summed E-state index contributed by atoms with van der Waals surface area (Å²) in [5, 5.41) is 0. The fourth-order valence-electron chi connectivity index (χ4n) is 1.32. The largest absolute Gasteiger partial charge is 0.492 e. The lowest BCUT2D eigenvalue weighted by Gasteiger charge is -2.08. The fraction of sp³-hybridized carbons (Fsp3) is 0.500. The molecule has 0 fully saturated rings. The molecule has 3 N–H and O–H groups in total. The number of nitrogen functional groups attached to an aromatic ring is 1. The summed E-state index contributed by atoms with van der Waals surface area (Å²) >= 11 is 0. The van der Waals surface area contributed by atoms with Gasteiger partial charge >= 0.3 is 0 Å². The third-order valence-electron chi connectivity index (χ3n) is 2.27. The molecule has 1 aromatic carbocycles. The van der Waals surface area contributed by atoms with Crippen molar-refractivity contribution in [2.75, 3.05) is 37.9 Å². The highest BCUT2D eigenvalue weighted by molar-refractivity contribution is 7.89. The summed E-state index contributed by atoms with van der Waals surface area (Å²) in [5.41, 5.74) is 6.17. The van der Waals surface area contributed by atoms with E-state index in [1.165, 1.54) is 0 Å². The summed E-state index contributed by atoms with van der Waals surface area (Å²) < 4.78 is 35.9. The Bertz CT molecular complexity index is 459. The Hall–Kier alpha value is -1.31. The first-order valence-electron chi connectivity index (χ1n) is 6.07. The summed E-state index contributed by atoms with van der Waals surface area (Å²) in [4.78, 5) is 0. The molecule has 0 unspecified atom stereocenters. The van der Waals surface area contributed by atoms with E-state index >= 15 is 0 Å². The van der Waals surface area contributed by atoms with Crippen molar-refractivity contribution in [2.45, 2.75) is 6.92 Å². The second-order valence-electron chi connectivity index (χ2n) is 3.83. The second kappa shape index (κ2) is 7.98. The van der Waals surface area contributed by atoms with Gasteiger partial charge in [-0.1, -0.05) is 0 Å². The standard InChI is InChI=1S/C12H20N2O4S/c1-2-17-8-7-14-19(15,16)10-9-18-12-5-3-11(13)4-6-12/h3-6,14H,2,7-10,13H2,1H3. The Labute approximate surface area is 113 Å². The number of sulfonamides is 1. The molecule has 0 aliphatic rings. The van der Waals surface area contributed by atoms with E-state index in [1.807, 2.05) is 6.92 Å². The van der Waals surface area contributed by atoms with Gasteiger partial charge in [-0.15, -0.1) is 0 Å². The third-order valence-corrected chi connectivity index (χ3v) is 3.62. The number of rotatable bonds is 9. The minimum atomic E-state index is -3.32. The molecular weight excluding hydrogens is 268 g/mol. The molecule has 6 nitrogen and oxygen atoms in total. The maximum Gasteiger partial charge on any atom is 0.215 e. The first-order chi connectivity index (χ1) is 9.03. The highest BCUT2D eigenvalue weighted by atomic mass is 32.2. The summed E-state index contributed by atoms with van der Waals surface area (Å²) in [6.07, 6.45) is 0. The third kappa shape index (κ3) is 7.00. The minimum Gasteiger partial charge on any atom is -0.492 e. The average Bonchev–Trinajstić information content (AvgIpc) is 2.37. The highest BCUT2D eigenvalue weighted by Gasteiger charge is 2.09. The minimum absolute atomic E-state index is 0.0912. The molecule has 0 saturated carbocycles. The molecular formula is C12H20N2O4S. The smallest absolute Gasteiger partial charge is 0.215 e. The molecule has 108 valence electrons. The maximum absolute atomic E-state index is 11.6. The lowest BCUT2D eigenvalue weighted by atomic mass is 10.3. The molecule has 0 amide bonds. The normalized spacial score (nSPS) is 11.4. The van der Waals surface area contributed by atoms with Crippen LogP contribution in [0, 0.1) is 0 Å². The molecule has 0 radical (unpaired) electrons. The quantitative estimate of drug-likeness (QED) is 0.513. The van der Waals surface area contributed by atoms with Crippen LogP contribution in [0.15, 0.2) is 24.3 Å². The molecule has 19 heavy (non-hydrogen) atoms. The van der Waals surface area contributed by atoms with E-state index in [2.05, 4.69) is 4.72 Å². The van der Waals surface area contributed by atoms with Gasteiger partial charge < -0.3 is 15.2 Å². The first-order valence-corrected chi connectivity index (χ1v) is 7.72. The molecule has 0 aromatic heterocycles. The van der Waals surface area contributed by atoms with Gasteiger partial charge in [-0.25, -0.2) is 13.1 Å². The van der Waals surface area contributed by atoms with Crippen molar-refractivity contribution >= 4 is 15.7 Å². The number of nitrogens with one attached hydrogen (secondary N) is 1. The Kier molecular flexibility index (Phi) is 6.61. The molecule has 1 aromatic rings. The van der Waals surface area contributed by atoms with Crippen LogP contribution in [0.5, 0.6) is 5.75 Å². The van der Waals surface area contributed by atoms with Crippen LogP contribution < -0.4 is 15.2 Å². The van der Waals surface area contributed by atoms with Crippen molar-refractivity contribution in [1.29, 1.82) is 0 Å². The average molecular weight is 288 g/mol. The highest BCUT2D eigenvalue weighted by Crippen LogP contribution is 2.12. The Morgan fingerprint density at radius 1 is 1.21 bits per heavy atom. The zero-order valence-electron chi connectivity index (χ0n) is 11.0. The second-order valence-corrected chi connectivity index (χ2v) is 5.75. The van der Waals surface area contributed by atoms with Gasteiger partial charge in [0.1, 0.15) is 12.4 Å². The predicted octanol–water partition coefficient (Wildman–Crippen LogP) is 0.604. The van der Waals surface area contributed by atoms with Crippen molar-refractivity contribution in [1.82, 2.24) is 4.72 Å². The lowest BCUT2D eigenvalue weighted by Crippen LogP contribution is -2.31. The monoisotopic (exact) mass is 288 g/mol. The van der Waals surface area contributed by atoms with Crippen molar-refractivity contribution in [3.8, 4) is 5.75 Å². The Morgan fingerprint density at radius 3 is 2.53 bits per heavy atom. The zero-order chi connectivity index (χ0) is 14.1. The van der Waals surface area contributed by atoms with Crippen LogP contribution in [-0.2, 0) is 14.8 Å². The molecule has 0 spiro atoms. The molecule has 0 atom stereocenters.